The van der Waals surface area contributed by atoms with Gasteiger partial charge in [-0.15, -0.1) is 0 Å². The average molecular weight is 288 g/mol. The molecule has 0 spiro atoms. The fraction of sp³-hybridized carbons (Fsp3) is 0.0769. The Labute approximate surface area is 119 Å². The largest absolute Gasteiger partial charge is 0.496 e. The van der Waals surface area contributed by atoms with Crippen LogP contribution in [0.1, 0.15) is 10.4 Å². The maximum atomic E-state index is 11.8. The number of nitrogens with one attached hydrogen (secondary N) is 2. The summed E-state index contributed by atoms with van der Waals surface area (Å²) in [5.74, 6) is -0.951. The summed E-state index contributed by atoms with van der Waals surface area (Å²) in [6.07, 6.45) is 4.24. The molecule has 0 atom stereocenters. The number of hydrogen-bond acceptors (Lipinski definition) is 5. The fourth-order valence-electron chi connectivity index (χ4n) is 1.60. The number of urea groups is 1. The van der Waals surface area contributed by atoms with Crippen LogP contribution in [-0.2, 0) is 0 Å². The molecule has 0 aliphatic carbocycles. The number of aromatic nitrogens is 2. The van der Waals surface area contributed by atoms with Crippen LogP contribution in [0.2, 0.25) is 0 Å². The van der Waals surface area contributed by atoms with Crippen molar-refractivity contribution in [3.8, 4) is 5.75 Å². The van der Waals surface area contributed by atoms with Crippen molar-refractivity contribution in [2.75, 3.05) is 17.7 Å². The first-order valence-corrected chi connectivity index (χ1v) is 5.84. The first-order chi connectivity index (χ1) is 10.1. The van der Waals surface area contributed by atoms with Gasteiger partial charge in [-0.1, -0.05) is 0 Å². The molecule has 0 unspecified atom stereocenters. The summed E-state index contributed by atoms with van der Waals surface area (Å²) in [7, 11) is 1.35. The number of rotatable bonds is 4. The molecule has 2 rings (SSSR count). The fourth-order valence-corrected chi connectivity index (χ4v) is 1.60. The van der Waals surface area contributed by atoms with E-state index < -0.39 is 12.0 Å². The molecule has 3 N–H and O–H groups in total. The van der Waals surface area contributed by atoms with E-state index in [2.05, 4.69) is 20.6 Å². The van der Waals surface area contributed by atoms with E-state index in [4.69, 9.17) is 9.84 Å². The van der Waals surface area contributed by atoms with Crippen molar-refractivity contribution in [2.45, 2.75) is 0 Å². The van der Waals surface area contributed by atoms with E-state index in [0.717, 1.165) is 0 Å². The second-order valence-corrected chi connectivity index (χ2v) is 3.93. The second kappa shape index (κ2) is 6.33. The van der Waals surface area contributed by atoms with Crippen molar-refractivity contribution in [1.29, 1.82) is 0 Å². The van der Waals surface area contributed by atoms with E-state index in [-0.39, 0.29) is 11.3 Å². The lowest BCUT2D eigenvalue weighted by Crippen LogP contribution is -2.19. The molecule has 1 aromatic heterocycles. The number of nitrogens with zero attached hydrogens (tertiary/aromatic N) is 2. The Balaban J connectivity index is 2.09. The van der Waals surface area contributed by atoms with Crippen LogP contribution in [0, 0.1) is 0 Å². The van der Waals surface area contributed by atoms with Crippen LogP contribution in [0.4, 0.5) is 16.2 Å². The number of carboxylic acid groups (broad SMARTS) is 1. The molecule has 8 nitrogen and oxygen atoms in total. The van der Waals surface area contributed by atoms with Crippen molar-refractivity contribution < 1.29 is 19.4 Å². The molecule has 0 saturated carbocycles. The maximum absolute atomic E-state index is 11.8. The van der Waals surface area contributed by atoms with Gasteiger partial charge in [-0.05, 0) is 12.1 Å². The summed E-state index contributed by atoms with van der Waals surface area (Å²) in [6.45, 7) is 0. The Morgan fingerprint density at radius 2 is 1.81 bits per heavy atom. The van der Waals surface area contributed by atoms with Gasteiger partial charge in [0.05, 0.1) is 25.2 Å². The summed E-state index contributed by atoms with van der Waals surface area (Å²) in [5.41, 5.74) is 0.843. The third-order valence-corrected chi connectivity index (χ3v) is 2.51. The number of amides is 2. The number of ether oxygens (including phenoxy) is 1. The van der Waals surface area contributed by atoms with Crippen LogP contribution >= 0.6 is 0 Å². The van der Waals surface area contributed by atoms with Crippen molar-refractivity contribution in [3.63, 3.8) is 0 Å². The topological polar surface area (TPSA) is 113 Å². The molecular formula is C13H12N4O4. The number of hydrogen-bond donors (Lipinski definition) is 3. The highest BCUT2D eigenvalue weighted by atomic mass is 16.5. The van der Waals surface area contributed by atoms with E-state index in [1.165, 1.54) is 44.0 Å². The summed E-state index contributed by atoms with van der Waals surface area (Å²) in [4.78, 5) is 30.3. The Morgan fingerprint density at radius 1 is 1.14 bits per heavy atom. The first-order valence-electron chi connectivity index (χ1n) is 5.84. The number of methoxy groups -OCH3 is 1. The van der Waals surface area contributed by atoms with Crippen molar-refractivity contribution >= 4 is 23.4 Å². The van der Waals surface area contributed by atoms with E-state index in [1.807, 2.05) is 0 Å². The molecule has 108 valence electrons. The van der Waals surface area contributed by atoms with Crippen molar-refractivity contribution in [1.82, 2.24) is 9.97 Å². The summed E-state index contributed by atoms with van der Waals surface area (Å²) in [5, 5.41) is 14.1. The SMILES string of the molecule is COc1cc(NC(=O)Nc2cncnc2)ccc1C(=O)O. The molecular weight excluding hydrogens is 276 g/mol. The molecule has 1 heterocycles. The predicted molar refractivity (Wildman–Crippen MR) is 74.6 cm³/mol. The lowest BCUT2D eigenvalue weighted by molar-refractivity contribution is 0.0693. The Morgan fingerprint density at radius 3 is 2.43 bits per heavy atom. The predicted octanol–water partition coefficient (Wildman–Crippen LogP) is 1.83. The Kier molecular flexibility index (Phi) is 4.30. The van der Waals surface area contributed by atoms with Crippen LogP contribution in [0.15, 0.2) is 36.9 Å². The molecule has 0 radical (unpaired) electrons. The quantitative estimate of drug-likeness (QED) is 0.791. The average Bonchev–Trinajstić information content (AvgIpc) is 2.47. The van der Waals surface area contributed by atoms with E-state index in [0.29, 0.717) is 11.4 Å². The van der Waals surface area contributed by atoms with Crippen LogP contribution in [0.3, 0.4) is 0 Å². The molecule has 2 amide bonds. The number of carboxylic acids is 1. The van der Waals surface area contributed by atoms with Crippen LogP contribution in [0.25, 0.3) is 0 Å². The third-order valence-electron chi connectivity index (χ3n) is 2.51. The summed E-state index contributed by atoms with van der Waals surface area (Å²) >= 11 is 0. The highest BCUT2D eigenvalue weighted by Gasteiger charge is 2.12. The molecule has 21 heavy (non-hydrogen) atoms. The van der Waals surface area contributed by atoms with Gasteiger partial charge in [-0.25, -0.2) is 19.6 Å². The lowest BCUT2D eigenvalue weighted by atomic mass is 10.2. The maximum Gasteiger partial charge on any atom is 0.339 e. The van der Waals surface area contributed by atoms with E-state index in [1.54, 1.807) is 0 Å². The van der Waals surface area contributed by atoms with E-state index in [9.17, 15) is 9.59 Å². The summed E-state index contributed by atoms with van der Waals surface area (Å²) in [6, 6.07) is 3.73. The minimum absolute atomic E-state index is 0.0138. The monoisotopic (exact) mass is 288 g/mol. The van der Waals surface area contributed by atoms with Crippen molar-refractivity contribution in [3.05, 3.63) is 42.5 Å². The van der Waals surface area contributed by atoms with Gasteiger partial charge in [-0.2, -0.15) is 0 Å². The van der Waals surface area contributed by atoms with Gasteiger partial charge < -0.3 is 20.5 Å². The van der Waals surface area contributed by atoms with Gasteiger partial charge in [-0.3, -0.25) is 0 Å². The zero-order valence-electron chi connectivity index (χ0n) is 11.0. The first kappa shape index (κ1) is 14.3. The van der Waals surface area contributed by atoms with Crippen LogP contribution in [-0.4, -0.2) is 34.2 Å². The minimum atomic E-state index is -1.11. The molecule has 0 aliphatic heterocycles. The number of anilines is 2. The molecule has 0 bridgehead atoms. The van der Waals surface area contributed by atoms with Gasteiger partial charge in [0, 0.05) is 11.8 Å². The Hall–Kier alpha value is -3.16. The minimum Gasteiger partial charge on any atom is -0.496 e. The molecule has 0 saturated heterocycles. The normalized spacial score (nSPS) is 9.76. The number of carbonyl (C=O) groups excluding carboxylic acids is 1. The van der Waals surface area contributed by atoms with Gasteiger partial charge in [0.25, 0.3) is 0 Å². The number of aromatic carboxylic acids is 1. The Bertz CT molecular complexity index is 660. The number of benzene rings is 1. The molecule has 8 heteroatoms. The van der Waals surface area contributed by atoms with Gasteiger partial charge in [0.2, 0.25) is 0 Å². The van der Waals surface area contributed by atoms with E-state index >= 15 is 0 Å². The standard InChI is InChI=1S/C13H12N4O4/c1-21-11-4-8(2-3-10(11)12(18)19)16-13(20)17-9-5-14-7-15-6-9/h2-7H,1H3,(H,18,19)(H2,16,17,20). The second-order valence-electron chi connectivity index (χ2n) is 3.93. The van der Waals surface area contributed by atoms with Gasteiger partial charge in [0.1, 0.15) is 17.6 Å². The lowest BCUT2D eigenvalue weighted by Gasteiger charge is -2.10. The highest BCUT2D eigenvalue weighted by molar-refractivity contribution is 6.00. The third kappa shape index (κ3) is 3.66. The molecule has 1 aromatic carbocycles. The molecule has 2 aromatic rings. The van der Waals surface area contributed by atoms with Crippen LogP contribution in [0.5, 0.6) is 5.75 Å². The molecule has 0 fully saturated rings. The van der Waals surface area contributed by atoms with Gasteiger partial charge >= 0.3 is 12.0 Å². The zero-order valence-corrected chi connectivity index (χ0v) is 11.0. The number of carbonyl (C=O) groups is 2. The van der Waals surface area contributed by atoms with Gasteiger partial charge in [0.15, 0.2) is 0 Å². The molecule has 0 aliphatic rings. The highest BCUT2D eigenvalue weighted by Crippen LogP contribution is 2.23. The summed E-state index contributed by atoms with van der Waals surface area (Å²) < 4.78 is 4.97. The van der Waals surface area contributed by atoms with Crippen LogP contribution < -0.4 is 15.4 Å². The van der Waals surface area contributed by atoms with Crippen molar-refractivity contribution in [2.24, 2.45) is 0 Å². The smallest absolute Gasteiger partial charge is 0.339 e. The zero-order chi connectivity index (χ0) is 15.2.